The highest BCUT2D eigenvalue weighted by molar-refractivity contribution is 8.00. The number of hydrogen-bond donors (Lipinski definition) is 1. The molecule has 1 heterocycles. The molecule has 0 bridgehead atoms. The Kier molecular flexibility index (Phi) is 6.01. The van der Waals surface area contributed by atoms with Gasteiger partial charge in [0.05, 0.1) is 5.75 Å². The second-order valence-corrected chi connectivity index (χ2v) is 6.37. The second kappa shape index (κ2) is 8.01. The van der Waals surface area contributed by atoms with Gasteiger partial charge in [0.25, 0.3) is 0 Å². The van der Waals surface area contributed by atoms with Crippen LogP contribution in [0.4, 0.5) is 5.13 Å². The molecule has 0 aliphatic heterocycles. The lowest BCUT2D eigenvalue weighted by atomic mass is 10.3. The fourth-order valence-corrected chi connectivity index (χ4v) is 3.07. The molecule has 1 N–H and O–H groups in total. The van der Waals surface area contributed by atoms with Crippen LogP contribution in [-0.2, 0) is 11.2 Å². The predicted molar refractivity (Wildman–Crippen MR) is 84.3 cm³/mol. The Labute approximate surface area is 127 Å². The van der Waals surface area contributed by atoms with Crippen LogP contribution in [0.2, 0.25) is 0 Å². The third kappa shape index (κ3) is 4.94. The minimum absolute atomic E-state index is 0.0444. The second-order valence-electron chi connectivity index (χ2n) is 4.25. The van der Waals surface area contributed by atoms with E-state index >= 15 is 0 Å². The first kappa shape index (κ1) is 15.0. The normalized spacial score (nSPS) is 10.4. The lowest BCUT2D eigenvalue weighted by Gasteiger charge is -2.01. The van der Waals surface area contributed by atoms with Gasteiger partial charge in [0.15, 0.2) is 0 Å². The summed E-state index contributed by atoms with van der Waals surface area (Å²) < 4.78 is 0. The maximum Gasteiger partial charge on any atom is 0.236 e. The topological polar surface area (TPSA) is 54.9 Å². The third-order valence-electron chi connectivity index (χ3n) is 2.57. The molecule has 2 rings (SSSR count). The van der Waals surface area contributed by atoms with Gasteiger partial charge in [-0.05, 0) is 18.6 Å². The van der Waals surface area contributed by atoms with Crippen LogP contribution < -0.4 is 5.32 Å². The molecule has 0 saturated carbocycles. The van der Waals surface area contributed by atoms with Gasteiger partial charge in [-0.25, -0.2) is 0 Å². The first-order chi connectivity index (χ1) is 9.78. The number of benzene rings is 1. The summed E-state index contributed by atoms with van der Waals surface area (Å²) in [6, 6.07) is 9.87. The number of hydrogen-bond acceptors (Lipinski definition) is 5. The standard InChI is InChI=1S/C14H17N3OS2/c1-2-3-9-13-16-17-14(20-13)15-12(18)10-19-11-7-5-4-6-8-11/h4-8H,2-3,9-10H2,1H3,(H,15,17,18). The Bertz CT molecular complexity index is 542. The number of aryl methyl sites for hydroxylation is 1. The Morgan fingerprint density at radius 1 is 1.30 bits per heavy atom. The van der Waals surface area contributed by atoms with E-state index in [4.69, 9.17) is 0 Å². The number of thioether (sulfide) groups is 1. The van der Waals surface area contributed by atoms with Gasteiger partial charge in [0.1, 0.15) is 5.01 Å². The minimum atomic E-state index is -0.0444. The van der Waals surface area contributed by atoms with Crippen molar-refractivity contribution in [2.24, 2.45) is 0 Å². The smallest absolute Gasteiger partial charge is 0.236 e. The van der Waals surface area contributed by atoms with Crippen LogP contribution >= 0.6 is 23.1 Å². The summed E-state index contributed by atoms with van der Waals surface area (Å²) in [7, 11) is 0. The number of carbonyl (C=O) groups excluding carboxylic acids is 1. The number of nitrogens with one attached hydrogen (secondary N) is 1. The number of anilines is 1. The van der Waals surface area contributed by atoms with E-state index < -0.39 is 0 Å². The summed E-state index contributed by atoms with van der Waals surface area (Å²) in [6.07, 6.45) is 3.17. The Balaban J connectivity index is 1.78. The monoisotopic (exact) mass is 307 g/mol. The molecule has 0 fully saturated rings. The van der Waals surface area contributed by atoms with Crippen molar-refractivity contribution in [3.63, 3.8) is 0 Å². The third-order valence-corrected chi connectivity index (χ3v) is 4.48. The lowest BCUT2D eigenvalue weighted by molar-refractivity contribution is -0.113. The fraction of sp³-hybridized carbons (Fsp3) is 0.357. The van der Waals surface area contributed by atoms with Gasteiger partial charge in [0.2, 0.25) is 11.0 Å². The minimum Gasteiger partial charge on any atom is -0.300 e. The van der Waals surface area contributed by atoms with Crippen LogP contribution in [-0.4, -0.2) is 21.9 Å². The number of nitrogens with zero attached hydrogens (tertiary/aromatic N) is 2. The van der Waals surface area contributed by atoms with Crippen molar-refractivity contribution in [3.05, 3.63) is 35.3 Å². The molecule has 1 amide bonds. The summed E-state index contributed by atoms with van der Waals surface area (Å²) in [6.45, 7) is 2.14. The zero-order valence-corrected chi connectivity index (χ0v) is 13.0. The zero-order chi connectivity index (χ0) is 14.2. The van der Waals surface area contributed by atoms with E-state index in [9.17, 15) is 4.79 Å². The first-order valence-electron chi connectivity index (χ1n) is 6.58. The molecule has 6 heteroatoms. The van der Waals surface area contributed by atoms with Crippen molar-refractivity contribution in [1.29, 1.82) is 0 Å². The molecule has 0 spiro atoms. The quantitative estimate of drug-likeness (QED) is 0.794. The van der Waals surface area contributed by atoms with E-state index in [2.05, 4.69) is 22.4 Å². The molecular formula is C14H17N3OS2. The summed E-state index contributed by atoms with van der Waals surface area (Å²) >= 11 is 2.97. The number of rotatable bonds is 7. The van der Waals surface area contributed by atoms with Gasteiger partial charge < -0.3 is 0 Å². The van der Waals surface area contributed by atoms with Crippen molar-refractivity contribution in [1.82, 2.24) is 10.2 Å². The summed E-state index contributed by atoms with van der Waals surface area (Å²) in [5.41, 5.74) is 0. The average Bonchev–Trinajstić information content (AvgIpc) is 2.91. The number of carbonyl (C=O) groups is 1. The first-order valence-corrected chi connectivity index (χ1v) is 8.38. The molecule has 106 valence electrons. The van der Waals surface area contributed by atoms with Crippen molar-refractivity contribution in [3.8, 4) is 0 Å². The van der Waals surface area contributed by atoms with Crippen LogP contribution in [0.5, 0.6) is 0 Å². The molecule has 0 atom stereocenters. The largest absolute Gasteiger partial charge is 0.300 e. The highest BCUT2D eigenvalue weighted by Gasteiger charge is 2.08. The Hall–Kier alpha value is -1.40. The molecule has 1 aromatic carbocycles. The van der Waals surface area contributed by atoms with Crippen LogP contribution in [0, 0.1) is 0 Å². The van der Waals surface area contributed by atoms with E-state index in [-0.39, 0.29) is 5.91 Å². The van der Waals surface area contributed by atoms with Crippen LogP contribution in [0.15, 0.2) is 35.2 Å². The molecule has 2 aromatic rings. The molecule has 1 aromatic heterocycles. The van der Waals surface area contributed by atoms with Gasteiger partial charge in [-0.2, -0.15) is 0 Å². The fourth-order valence-electron chi connectivity index (χ4n) is 1.55. The predicted octanol–water partition coefficient (Wildman–Crippen LogP) is 3.61. The van der Waals surface area contributed by atoms with Gasteiger partial charge in [-0.1, -0.05) is 42.9 Å². The molecule has 0 aliphatic rings. The summed E-state index contributed by atoms with van der Waals surface area (Å²) in [5.74, 6) is 0.338. The number of aromatic nitrogens is 2. The molecule has 0 unspecified atom stereocenters. The molecule has 4 nitrogen and oxygen atoms in total. The van der Waals surface area contributed by atoms with E-state index in [1.165, 1.54) is 23.1 Å². The molecule has 0 aliphatic carbocycles. The Morgan fingerprint density at radius 3 is 2.85 bits per heavy atom. The van der Waals surface area contributed by atoms with E-state index in [1.807, 2.05) is 30.3 Å². The van der Waals surface area contributed by atoms with E-state index in [0.717, 1.165) is 29.2 Å². The molecule has 0 saturated heterocycles. The van der Waals surface area contributed by atoms with Crippen molar-refractivity contribution >= 4 is 34.1 Å². The van der Waals surface area contributed by atoms with E-state index in [1.54, 1.807) is 0 Å². The number of amides is 1. The maximum absolute atomic E-state index is 11.8. The van der Waals surface area contributed by atoms with Crippen molar-refractivity contribution in [2.45, 2.75) is 31.1 Å². The molecule has 0 radical (unpaired) electrons. The van der Waals surface area contributed by atoms with Crippen molar-refractivity contribution in [2.75, 3.05) is 11.1 Å². The van der Waals surface area contributed by atoms with Gasteiger partial charge in [-0.3, -0.25) is 10.1 Å². The molecular weight excluding hydrogens is 290 g/mol. The van der Waals surface area contributed by atoms with E-state index in [0.29, 0.717) is 10.9 Å². The Morgan fingerprint density at radius 2 is 2.10 bits per heavy atom. The van der Waals surface area contributed by atoms with Crippen LogP contribution in [0.25, 0.3) is 0 Å². The highest BCUT2D eigenvalue weighted by atomic mass is 32.2. The highest BCUT2D eigenvalue weighted by Crippen LogP contribution is 2.19. The average molecular weight is 307 g/mol. The SMILES string of the molecule is CCCCc1nnc(NC(=O)CSc2ccccc2)s1. The lowest BCUT2D eigenvalue weighted by Crippen LogP contribution is -2.13. The van der Waals surface area contributed by atoms with Crippen LogP contribution in [0.3, 0.4) is 0 Å². The molecule has 20 heavy (non-hydrogen) atoms. The number of unbranched alkanes of at least 4 members (excludes halogenated alkanes) is 1. The maximum atomic E-state index is 11.8. The van der Waals surface area contributed by atoms with Gasteiger partial charge in [-0.15, -0.1) is 22.0 Å². The van der Waals surface area contributed by atoms with Crippen molar-refractivity contribution < 1.29 is 4.79 Å². The van der Waals surface area contributed by atoms with Gasteiger partial charge in [0, 0.05) is 11.3 Å². The summed E-state index contributed by atoms with van der Waals surface area (Å²) in [5, 5.41) is 12.4. The zero-order valence-electron chi connectivity index (χ0n) is 11.3. The van der Waals surface area contributed by atoms with Crippen LogP contribution in [0.1, 0.15) is 24.8 Å². The summed E-state index contributed by atoms with van der Waals surface area (Å²) in [4.78, 5) is 12.9. The van der Waals surface area contributed by atoms with Gasteiger partial charge >= 0.3 is 0 Å².